The fraction of sp³-hybridized carbons (Fsp3) is 0.241. The van der Waals surface area contributed by atoms with Crippen LogP contribution in [0.15, 0.2) is 84.1 Å². The van der Waals surface area contributed by atoms with E-state index in [-0.39, 0.29) is 29.3 Å². The molecule has 7 heteroatoms. The average molecular weight is 488 g/mol. The van der Waals surface area contributed by atoms with Crippen molar-refractivity contribution in [3.63, 3.8) is 0 Å². The summed E-state index contributed by atoms with van der Waals surface area (Å²) in [7, 11) is 0. The quantitative estimate of drug-likeness (QED) is 0.403. The van der Waals surface area contributed by atoms with Crippen LogP contribution < -0.4 is 14.4 Å². The number of hydrogen-bond donors (Lipinski definition) is 2. The van der Waals surface area contributed by atoms with Gasteiger partial charge in [0.1, 0.15) is 5.75 Å². The van der Waals surface area contributed by atoms with Crippen LogP contribution in [-0.2, 0) is 16.0 Å². The molecule has 2 N–H and O–H groups in total. The van der Waals surface area contributed by atoms with Crippen LogP contribution in [0.1, 0.15) is 37.4 Å². The molecule has 1 unspecified atom stereocenters. The molecule has 36 heavy (non-hydrogen) atoms. The number of ketones is 1. The Morgan fingerprint density at radius 1 is 0.917 bits per heavy atom. The number of amides is 1. The van der Waals surface area contributed by atoms with Crippen molar-refractivity contribution in [2.24, 2.45) is 0 Å². The van der Waals surface area contributed by atoms with Gasteiger partial charge in [-0.1, -0.05) is 36.4 Å². The minimum atomic E-state index is -0.890. The average Bonchev–Trinajstić information content (AvgIpc) is 3.16. The van der Waals surface area contributed by atoms with Crippen molar-refractivity contribution in [1.29, 1.82) is 0 Å². The highest BCUT2D eigenvalue weighted by atomic mass is 16.5. The van der Waals surface area contributed by atoms with E-state index in [0.717, 1.165) is 5.56 Å². The lowest BCUT2D eigenvalue weighted by Crippen LogP contribution is -2.31. The maximum atomic E-state index is 13.5. The van der Waals surface area contributed by atoms with Crippen molar-refractivity contribution in [1.82, 2.24) is 0 Å². The van der Waals surface area contributed by atoms with Crippen molar-refractivity contribution < 1.29 is 29.3 Å². The van der Waals surface area contributed by atoms with Crippen LogP contribution in [0.3, 0.4) is 0 Å². The number of aromatic hydroxyl groups is 1. The molecule has 1 aliphatic heterocycles. The molecular formula is C29H29NO6. The summed E-state index contributed by atoms with van der Waals surface area (Å²) in [6, 6.07) is 20.3. The molecule has 0 saturated carbocycles. The molecule has 7 nitrogen and oxygen atoms in total. The number of rotatable bonds is 10. The van der Waals surface area contributed by atoms with Crippen LogP contribution in [0.25, 0.3) is 0 Å². The van der Waals surface area contributed by atoms with Gasteiger partial charge in [-0.3, -0.25) is 14.5 Å². The Labute approximate surface area is 210 Å². The number of Topliss-reactive ketones (excluding diaryl/α,β-unsaturated/α-hetero) is 1. The van der Waals surface area contributed by atoms with Gasteiger partial charge in [-0.2, -0.15) is 0 Å². The number of phenolic OH excluding ortho intramolecular Hbond substituents is 1. The van der Waals surface area contributed by atoms with E-state index in [1.165, 1.54) is 11.0 Å². The Bertz CT molecular complexity index is 1270. The zero-order valence-electron chi connectivity index (χ0n) is 20.3. The van der Waals surface area contributed by atoms with Gasteiger partial charge >= 0.3 is 0 Å². The lowest BCUT2D eigenvalue weighted by atomic mass is 9.92. The Balaban J connectivity index is 1.74. The molecule has 0 spiro atoms. The number of carbonyl (C=O) groups is 2. The van der Waals surface area contributed by atoms with E-state index in [4.69, 9.17) is 9.47 Å². The van der Waals surface area contributed by atoms with Crippen LogP contribution >= 0.6 is 0 Å². The molecule has 0 bridgehead atoms. The summed E-state index contributed by atoms with van der Waals surface area (Å²) in [6.07, 6.45) is 0.598. The summed E-state index contributed by atoms with van der Waals surface area (Å²) in [5, 5.41) is 21.1. The topological polar surface area (TPSA) is 96.3 Å². The molecular weight excluding hydrogens is 458 g/mol. The van der Waals surface area contributed by atoms with Crippen molar-refractivity contribution in [3.05, 3.63) is 95.3 Å². The number of carbonyl (C=O) groups excluding carboxylic acids is 2. The second-order valence-corrected chi connectivity index (χ2v) is 8.34. The van der Waals surface area contributed by atoms with E-state index in [0.29, 0.717) is 36.6 Å². The molecule has 186 valence electrons. The lowest BCUT2D eigenvalue weighted by Gasteiger charge is -2.27. The highest BCUT2D eigenvalue weighted by Gasteiger charge is 2.44. The van der Waals surface area contributed by atoms with Gasteiger partial charge in [0.25, 0.3) is 5.91 Å². The summed E-state index contributed by atoms with van der Waals surface area (Å²) in [5.74, 6) is -0.742. The van der Waals surface area contributed by atoms with Gasteiger partial charge in [-0.25, -0.2) is 0 Å². The molecule has 1 heterocycles. The smallest absolute Gasteiger partial charge is 0.294 e. The van der Waals surface area contributed by atoms with Crippen LogP contribution in [0, 0.1) is 0 Å². The van der Waals surface area contributed by atoms with Gasteiger partial charge in [0, 0.05) is 12.1 Å². The third kappa shape index (κ3) is 5.05. The van der Waals surface area contributed by atoms with Crippen LogP contribution in [0.4, 0.5) is 5.69 Å². The van der Waals surface area contributed by atoms with E-state index < -0.39 is 17.7 Å². The first kappa shape index (κ1) is 24.9. The van der Waals surface area contributed by atoms with Gasteiger partial charge in [0.05, 0.1) is 24.8 Å². The third-order valence-corrected chi connectivity index (χ3v) is 6.02. The fourth-order valence-corrected chi connectivity index (χ4v) is 4.35. The molecule has 0 aromatic heterocycles. The number of nitrogens with zero attached hydrogens (tertiary/aromatic N) is 1. The summed E-state index contributed by atoms with van der Waals surface area (Å²) in [4.78, 5) is 28.2. The van der Waals surface area contributed by atoms with Gasteiger partial charge in [0.2, 0.25) is 0 Å². The summed E-state index contributed by atoms with van der Waals surface area (Å²) in [6.45, 7) is 4.50. The Morgan fingerprint density at radius 3 is 2.28 bits per heavy atom. The number of aliphatic hydroxyl groups is 1. The predicted octanol–water partition coefficient (Wildman–Crippen LogP) is 5.29. The zero-order chi connectivity index (χ0) is 25.7. The maximum Gasteiger partial charge on any atom is 0.294 e. The van der Waals surface area contributed by atoms with Gasteiger partial charge in [-0.05, 0) is 67.8 Å². The molecule has 0 saturated heterocycles. The molecule has 4 rings (SSSR count). The molecule has 0 aliphatic carbocycles. The van der Waals surface area contributed by atoms with Crippen molar-refractivity contribution in [2.45, 2.75) is 32.7 Å². The first-order valence-corrected chi connectivity index (χ1v) is 12.0. The van der Waals surface area contributed by atoms with E-state index in [2.05, 4.69) is 0 Å². The molecule has 1 atom stereocenters. The monoisotopic (exact) mass is 487 g/mol. The van der Waals surface area contributed by atoms with E-state index in [9.17, 15) is 19.8 Å². The number of anilines is 1. The van der Waals surface area contributed by atoms with E-state index in [1.807, 2.05) is 37.3 Å². The maximum absolute atomic E-state index is 13.5. The zero-order valence-corrected chi connectivity index (χ0v) is 20.3. The second-order valence-electron chi connectivity index (χ2n) is 8.34. The minimum Gasteiger partial charge on any atom is -0.504 e. The van der Waals surface area contributed by atoms with E-state index in [1.54, 1.807) is 43.3 Å². The van der Waals surface area contributed by atoms with Gasteiger partial charge in [-0.15, -0.1) is 0 Å². The summed E-state index contributed by atoms with van der Waals surface area (Å²) < 4.78 is 11.1. The largest absolute Gasteiger partial charge is 0.504 e. The fourth-order valence-electron chi connectivity index (χ4n) is 4.35. The summed E-state index contributed by atoms with van der Waals surface area (Å²) >= 11 is 0. The first-order chi connectivity index (χ1) is 17.4. The Morgan fingerprint density at radius 2 is 1.61 bits per heavy atom. The third-order valence-electron chi connectivity index (χ3n) is 6.02. The van der Waals surface area contributed by atoms with Crippen molar-refractivity contribution in [2.75, 3.05) is 18.1 Å². The number of aryl methyl sites for hydroxylation is 1. The summed E-state index contributed by atoms with van der Waals surface area (Å²) in [5.41, 5.74) is 2.04. The SMILES string of the molecule is CCOc1ccc(N2C(=O)C(O)=C(C(=O)CCc3ccccc3)C2c2ccc(O)c(OCC)c2)cc1. The highest BCUT2D eigenvalue weighted by Crippen LogP contribution is 2.43. The molecule has 0 radical (unpaired) electrons. The Hall–Kier alpha value is -4.26. The second kappa shape index (κ2) is 11.0. The number of ether oxygens (including phenoxy) is 2. The number of aliphatic hydroxyl groups excluding tert-OH is 1. The molecule has 0 fully saturated rings. The van der Waals surface area contributed by atoms with Gasteiger partial charge in [0.15, 0.2) is 23.0 Å². The first-order valence-electron chi connectivity index (χ1n) is 12.0. The van der Waals surface area contributed by atoms with E-state index >= 15 is 0 Å². The van der Waals surface area contributed by atoms with Crippen LogP contribution in [0.2, 0.25) is 0 Å². The Kier molecular flexibility index (Phi) is 7.59. The van der Waals surface area contributed by atoms with Gasteiger partial charge < -0.3 is 19.7 Å². The molecule has 3 aromatic rings. The van der Waals surface area contributed by atoms with Crippen LogP contribution in [-0.4, -0.2) is 35.1 Å². The van der Waals surface area contributed by atoms with Crippen molar-refractivity contribution >= 4 is 17.4 Å². The van der Waals surface area contributed by atoms with Crippen LogP contribution in [0.5, 0.6) is 17.2 Å². The minimum absolute atomic E-state index is 0.0259. The standard InChI is InChI=1S/C29H29NO6/c1-3-35-22-14-12-21(13-15-22)30-27(20-11-17-23(31)25(18-20)36-4-2)26(28(33)29(30)34)24(32)16-10-19-8-6-5-7-9-19/h5-9,11-15,17-18,27,31,33H,3-4,10,16H2,1-2H3. The normalized spacial score (nSPS) is 15.3. The predicted molar refractivity (Wildman–Crippen MR) is 137 cm³/mol. The highest BCUT2D eigenvalue weighted by molar-refractivity contribution is 6.16. The van der Waals surface area contributed by atoms with Crippen molar-refractivity contribution in [3.8, 4) is 17.2 Å². The molecule has 1 amide bonds. The number of hydrogen-bond acceptors (Lipinski definition) is 6. The molecule has 1 aliphatic rings. The number of benzene rings is 3. The number of phenols is 1. The molecule has 3 aromatic carbocycles. The lowest BCUT2D eigenvalue weighted by molar-refractivity contribution is -0.118.